The van der Waals surface area contributed by atoms with Crippen molar-refractivity contribution in [2.45, 2.75) is 25.6 Å². The van der Waals surface area contributed by atoms with E-state index in [4.69, 9.17) is 11.6 Å². The molecule has 0 aromatic carbocycles. The summed E-state index contributed by atoms with van der Waals surface area (Å²) in [6.07, 6.45) is 0.956. The van der Waals surface area contributed by atoms with E-state index >= 15 is 0 Å². The summed E-state index contributed by atoms with van der Waals surface area (Å²) in [6.45, 7) is 4.85. The molecule has 0 saturated carbocycles. The molecule has 0 aliphatic carbocycles. The van der Waals surface area contributed by atoms with Crippen LogP contribution in [0.25, 0.3) is 0 Å². The maximum Gasteiger partial charge on any atom is 0.126 e. The molecule has 13 heavy (non-hydrogen) atoms. The number of anilines is 1. The van der Waals surface area contributed by atoms with Gasteiger partial charge in [-0.3, -0.25) is 0 Å². The second-order valence-corrected chi connectivity index (χ2v) is 3.91. The zero-order chi connectivity index (χ0) is 9.68. The molecule has 2 nitrogen and oxygen atoms in total. The van der Waals surface area contributed by atoms with Crippen molar-refractivity contribution in [2.75, 3.05) is 11.9 Å². The summed E-state index contributed by atoms with van der Waals surface area (Å²) < 4.78 is 0. The maximum absolute atomic E-state index is 5.81. The van der Waals surface area contributed by atoms with Gasteiger partial charge in [0, 0.05) is 17.6 Å². The average molecular weight is 199 g/mol. The average Bonchev–Trinajstić information content (AvgIpc) is 2.03. The van der Waals surface area contributed by atoms with Crippen LogP contribution in [0.5, 0.6) is 0 Å². The Bertz CT molecular complexity index is 261. The molecule has 0 saturated heterocycles. The Labute approximate surface area is 84.3 Å². The number of hydrogen-bond acceptors (Lipinski definition) is 2. The number of aromatic nitrogens is 1. The summed E-state index contributed by atoms with van der Waals surface area (Å²) in [4.78, 5) is 4.32. The highest BCUT2D eigenvalue weighted by molar-refractivity contribution is 6.20. The van der Waals surface area contributed by atoms with E-state index in [-0.39, 0.29) is 5.38 Å². The highest BCUT2D eigenvalue weighted by atomic mass is 35.5. The molecule has 1 atom stereocenters. The number of pyridine rings is 1. The Morgan fingerprint density at radius 1 is 1.54 bits per heavy atom. The number of rotatable bonds is 4. The molecule has 72 valence electrons. The predicted molar refractivity (Wildman–Crippen MR) is 57.4 cm³/mol. The Morgan fingerprint density at radius 3 is 2.92 bits per heavy atom. The van der Waals surface area contributed by atoms with Gasteiger partial charge in [0.1, 0.15) is 5.82 Å². The summed E-state index contributed by atoms with van der Waals surface area (Å²) in [6, 6.07) is 5.94. The lowest BCUT2D eigenvalue weighted by molar-refractivity contribution is 0.839. The summed E-state index contributed by atoms with van der Waals surface area (Å²) in [5, 5.41) is 3.44. The monoisotopic (exact) mass is 198 g/mol. The number of alkyl halides is 1. The standard InChI is InChI=1S/C10H15ClN2/c1-8(11)6-7-12-10-5-3-4-9(2)13-10/h3-5,8H,6-7H2,1-2H3,(H,12,13). The second-order valence-electron chi connectivity index (χ2n) is 3.16. The molecular weight excluding hydrogens is 184 g/mol. The Hall–Kier alpha value is -0.760. The van der Waals surface area contributed by atoms with Crippen molar-refractivity contribution in [1.82, 2.24) is 4.98 Å². The third kappa shape index (κ3) is 4.13. The quantitative estimate of drug-likeness (QED) is 0.753. The first-order chi connectivity index (χ1) is 6.18. The summed E-state index contributed by atoms with van der Waals surface area (Å²) in [5.41, 5.74) is 1.03. The molecule has 1 N–H and O–H groups in total. The van der Waals surface area contributed by atoms with Crippen LogP contribution in [0.15, 0.2) is 18.2 Å². The highest BCUT2D eigenvalue weighted by Crippen LogP contribution is 2.05. The second kappa shape index (κ2) is 5.07. The Kier molecular flexibility index (Phi) is 4.03. The molecule has 3 heteroatoms. The summed E-state index contributed by atoms with van der Waals surface area (Å²) >= 11 is 5.81. The normalized spacial score (nSPS) is 12.5. The molecule has 0 fully saturated rings. The van der Waals surface area contributed by atoms with E-state index in [0.29, 0.717) is 0 Å². The zero-order valence-corrected chi connectivity index (χ0v) is 8.80. The van der Waals surface area contributed by atoms with E-state index in [2.05, 4.69) is 10.3 Å². The molecule has 0 aliphatic heterocycles. The van der Waals surface area contributed by atoms with Crippen molar-refractivity contribution in [2.24, 2.45) is 0 Å². The molecule has 1 rings (SSSR count). The van der Waals surface area contributed by atoms with Crippen LogP contribution in [0, 0.1) is 6.92 Å². The largest absolute Gasteiger partial charge is 0.370 e. The van der Waals surface area contributed by atoms with Crippen molar-refractivity contribution >= 4 is 17.4 Å². The van der Waals surface area contributed by atoms with Gasteiger partial charge < -0.3 is 5.32 Å². The fourth-order valence-electron chi connectivity index (χ4n) is 1.04. The third-order valence-electron chi connectivity index (χ3n) is 1.74. The molecule has 1 unspecified atom stereocenters. The molecule has 0 aliphatic rings. The van der Waals surface area contributed by atoms with Gasteiger partial charge in [0.2, 0.25) is 0 Å². The number of nitrogens with one attached hydrogen (secondary N) is 1. The lowest BCUT2D eigenvalue weighted by atomic mass is 10.3. The van der Waals surface area contributed by atoms with E-state index in [1.165, 1.54) is 0 Å². The molecule has 1 heterocycles. The molecule has 0 bridgehead atoms. The number of halogens is 1. The van der Waals surface area contributed by atoms with Crippen LogP contribution in [0.1, 0.15) is 19.0 Å². The maximum atomic E-state index is 5.81. The SMILES string of the molecule is Cc1cccc(NCCC(C)Cl)n1. The topological polar surface area (TPSA) is 24.9 Å². The van der Waals surface area contributed by atoms with Crippen LogP contribution < -0.4 is 5.32 Å². The first-order valence-electron chi connectivity index (χ1n) is 4.50. The molecule has 0 radical (unpaired) electrons. The molecule has 0 spiro atoms. The van der Waals surface area contributed by atoms with Crippen molar-refractivity contribution in [1.29, 1.82) is 0 Å². The van der Waals surface area contributed by atoms with Crippen molar-refractivity contribution in [3.63, 3.8) is 0 Å². The van der Waals surface area contributed by atoms with Gasteiger partial charge in [-0.1, -0.05) is 6.07 Å². The number of hydrogen-bond donors (Lipinski definition) is 1. The first kappa shape index (κ1) is 10.3. The molecular formula is C10H15ClN2. The Balaban J connectivity index is 2.37. The van der Waals surface area contributed by atoms with Gasteiger partial charge in [0.25, 0.3) is 0 Å². The van der Waals surface area contributed by atoms with Crippen LogP contribution in [0.2, 0.25) is 0 Å². The van der Waals surface area contributed by atoms with E-state index in [9.17, 15) is 0 Å². The fraction of sp³-hybridized carbons (Fsp3) is 0.500. The predicted octanol–water partition coefficient (Wildman–Crippen LogP) is 2.82. The van der Waals surface area contributed by atoms with E-state index in [0.717, 1.165) is 24.5 Å². The van der Waals surface area contributed by atoms with Gasteiger partial charge >= 0.3 is 0 Å². The van der Waals surface area contributed by atoms with Crippen LogP contribution in [0.3, 0.4) is 0 Å². The number of nitrogens with zero attached hydrogens (tertiary/aromatic N) is 1. The summed E-state index contributed by atoms with van der Waals surface area (Å²) in [7, 11) is 0. The van der Waals surface area contributed by atoms with Gasteiger partial charge in [-0.05, 0) is 32.4 Å². The van der Waals surface area contributed by atoms with E-state index in [1.54, 1.807) is 0 Å². The van der Waals surface area contributed by atoms with E-state index in [1.807, 2.05) is 32.0 Å². The minimum atomic E-state index is 0.220. The summed E-state index contributed by atoms with van der Waals surface area (Å²) in [5.74, 6) is 0.928. The smallest absolute Gasteiger partial charge is 0.126 e. The van der Waals surface area contributed by atoms with Gasteiger partial charge in [0.05, 0.1) is 0 Å². The van der Waals surface area contributed by atoms with Gasteiger partial charge in [-0.15, -0.1) is 11.6 Å². The van der Waals surface area contributed by atoms with Crippen LogP contribution in [-0.4, -0.2) is 16.9 Å². The van der Waals surface area contributed by atoms with Crippen molar-refractivity contribution < 1.29 is 0 Å². The number of aryl methyl sites for hydroxylation is 1. The lowest BCUT2D eigenvalue weighted by Gasteiger charge is -2.06. The molecule has 1 aromatic heterocycles. The highest BCUT2D eigenvalue weighted by Gasteiger charge is 1.96. The zero-order valence-electron chi connectivity index (χ0n) is 8.05. The third-order valence-corrected chi connectivity index (χ3v) is 1.95. The first-order valence-corrected chi connectivity index (χ1v) is 4.94. The van der Waals surface area contributed by atoms with Gasteiger partial charge in [-0.25, -0.2) is 4.98 Å². The minimum absolute atomic E-state index is 0.220. The fourth-order valence-corrected chi connectivity index (χ4v) is 1.15. The van der Waals surface area contributed by atoms with Crippen LogP contribution >= 0.6 is 11.6 Å². The lowest BCUT2D eigenvalue weighted by Crippen LogP contribution is -2.07. The van der Waals surface area contributed by atoms with Gasteiger partial charge in [-0.2, -0.15) is 0 Å². The van der Waals surface area contributed by atoms with E-state index < -0.39 is 0 Å². The van der Waals surface area contributed by atoms with Crippen molar-refractivity contribution in [3.05, 3.63) is 23.9 Å². The Morgan fingerprint density at radius 2 is 2.31 bits per heavy atom. The van der Waals surface area contributed by atoms with Crippen molar-refractivity contribution in [3.8, 4) is 0 Å². The molecule has 0 amide bonds. The van der Waals surface area contributed by atoms with Gasteiger partial charge in [0.15, 0.2) is 0 Å². The van der Waals surface area contributed by atoms with Crippen LogP contribution in [0.4, 0.5) is 5.82 Å². The van der Waals surface area contributed by atoms with Crippen LogP contribution in [-0.2, 0) is 0 Å². The molecule has 1 aromatic rings. The minimum Gasteiger partial charge on any atom is -0.370 e.